The summed E-state index contributed by atoms with van der Waals surface area (Å²) in [5.74, 6) is 1.77. The number of methoxy groups -OCH3 is 1. The Morgan fingerprint density at radius 2 is 2.14 bits per heavy atom. The van der Waals surface area contributed by atoms with Gasteiger partial charge in [0.1, 0.15) is 5.76 Å². The minimum absolute atomic E-state index is 0. The third-order valence-electron chi connectivity index (χ3n) is 2.57. The Bertz CT molecular complexity index is 405. The smallest absolute Gasteiger partial charge is 0.191 e. The molecule has 0 radical (unpaired) electrons. The fraction of sp³-hybridized carbons (Fsp3) is 0.533. The van der Waals surface area contributed by atoms with Crippen LogP contribution in [0.15, 0.2) is 40.0 Å². The highest BCUT2D eigenvalue weighted by molar-refractivity contribution is 14.0. The number of guanidine groups is 1. The number of ether oxygens (including phenoxy) is 1. The van der Waals surface area contributed by atoms with Crippen LogP contribution in [0.1, 0.15) is 19.1 Å². The van der Waals surface area contributed by atoms with Gasteiger partial charge in [0, 0.05) is 33.2 Å². The summed E-state index contributed by atoms with van der Waals surface area (Å²) in [7, 11) is 1.71. The van der Waals surface area contributed by atoms with Crippen LogP contribution in [-0.4, -0.2) is 39.3 Å². The summed E-state index contributed by atoms with van der Waals surface area (Å²) in [6.45, 7) is 8.80. The Morgan fingerprint density at radius 3 is 2.76 bits per heavy atom. The molecule has 1 rings (SSSR count). The van der Waals surface area contributed by atoms with Gasteiger partial charge in [-0.15, -0.1) is 24.0 Å². The van der Waals surface area contributed by atoms with Crippen LogP contribution in [-0.2, 0) is 11.2 Å². The average Bonchev–Trinajstić information content (AvgIpc) is 2.93. The molecule has 0 aliphatic carbocycles. The molecule has 1 aromatic rings. The van der Waals surface area contributed by atoms with Gasteiger partial charge in [-0.3, -0.25) is 0 Å². The van der Waals surface area contributed by atoms with Gasteiger partial charge in [-0.25, -0.2) is 4.99 Å². The second kappa shape index (κ2) is 12.7. The van der Waals surface area contributed by atoms with Crippen molar-refractivity contribution in [2.24, 2.45) is 4.99 Å². The van der Waals surface area contributed by atoms with Gasteiger partial charge in [-0.1, -0.05) is 12.2 Å². The average molecular weight is 407 g/mol. The predicted octanol–water partition coefficient (Wildman–Crippen LogP) is 2.59. The molecule has 0 aromatic carbocycles. The molecule has 0 unspecified atom stereocenters. The molecular formula is C15H26IN3O2. The molecule has 0 saturated carbocycles. The van der Waals surface area contributed by atoms with Gasteiger partial charge in [0.2, 0.25) is 0 Å². The normalized spacial score (nSPS) is 10.9. The molecule has 0 aliphatic rings. The first-order chi connectivity index (χ1) is 9.72. The van der Waals surface area contributed by atoms with Gasteiger partial charge >= 0.3 is 0 Å². The van der Waals surface area contributed by atoms with E-state index in [2.05, 4.69) is 22.2 Å². The van der Waals surface area contributed by atoms with E-state index in [4.69, 9.17) is 9.15 Å². The largest absolute Gasteiger partial charge is 0.469 e. The number of nitrogens with one attached hydrogen (secondary N) is 2. The van der Waals surface area contributed by atoms with Gasteiger partial charge in [0.15, 0.2) is 5.96 Å². The van der Waals surface area contributed by atoms with E-state index in [1.54, 1.807) is 13.4 Å². The molecule has 0 saturated heterocycles. The van der Waals surface area contributed by atoms with E-state index in [9.17, 15) is 0 Å². The molecule has 6 heteroatoms. The van der Waals surface area contributed by atoms with Crippen LogP contribution >= 0.6 is 24.0 Å². The zero-order valence-electron chi connectivity index (χ0n) is 12.9. The van der Waals surface area contributed by atoms with Crippen molar-refractivity contribution >= 4 is 29.9 Å². The standard InChI is InChI=1S/C15H25N3O2.HI/c1-13(2)12-18-15(16-8-5-10-19-3)17-9-7-14-6-4-11-20-14;/h4,6,11H,1,5,7-10,12H2,2-3H3,(H2,16,17,18);1H. The Morgan fingerprint density at radius 1 is 1.38 bits per heavy atom. The summed E-state index contributed by atoms with van der Waals surface area (Å²) < 4.78 is 10.3. The first-order valence-corrected chi connectivity index (χ1v) is 6.90. The number of nitrogens with zero attached hydrogens (tertiary/aromatic N) is 1. The molecule has 2 N–H and O–H groups in total. The van der Waals surface area contributed by atoms with Gasteiger partial charge < -0.3 is 19.8 Å². The van der Waals surface area contributed by atoms with Crippen LogP contribution in [0.5, 0.6) is 0 Å². The summed E-state index contributed by atoms with van der Waals surface area (Å²) in [4.78, 5) is 4.46. The molecular weight excluding hydrogens is 381 g/mol. The number of hydrogen-bond donors (Lipinski definition) is 2. The molecule has 5 nitrogen and oxygen atoms in total. The highest BCUT2D eigenvalue weighted by Crippen LogP contribution is 1.99. The zero-order chi connectivity index (χ0) is 14.6. The highest BCUT2D eigenvalue weighted by atomic mass is 127. The summed E-state index contributed by atoms with van der Waals surface area (Å²) in [6.07, 6.45) is 3.47. The minimum Gasteiger partial charge on any atom is -0.469 e. The van der Waals surface area contributed by atoms with Crippen LogP contribution in [0.3, 0.4) is 0 Å². The van der Waals surface area contributed by atoms with E-state index in [1.165, 1.54) is 0 Å². The third-order valence-corrected chi connectivity index (χ3v) is 2.57. The molecule has 0 spiro atoms. The molecule has 0 fully saturated rings. The first-order valence-electron chi connectivity index (χ1n) is 6.90. The number of rotatable bonds is 9. The lowest BCUT2D eigenvalue weighted by atomic mass is 10.3. The van der Waals surface area contributed by atoms with E-state index in [0.717, 1.165) is 49.8 Å². The number of furan rings is 1. The molecule has 1 heterocycles. The molecule has 0 amide bonds. The van der Waals surface area contributed by atoms with Crippen LogP contribution in [0.2, 0.25) is 0 Å². The maximum Gasteiger partial charge on any atom is 0.191 e. The quantitative estimate of drug-likeness (QED) is 0.217. The summed E-state index contributed by atoms with van der Waals surface area (Å²) in [5, 5.41) is 6.56. The van der Waals surface area contributed by atoms with Crippen molar-refractivity contribution in [3.05, 3.63) is 36.3 Å². The van der Waals surface area contributed by atoms with E-state index in [1.807, 2.05) is 19.1 Å². The Balaban J connectivity index is 0.00000400. The summed E-state index contributed by atoms with van der Waals surface area (Å²) in [5.41, 5.74) is 1.04. The number of hydrogen-bond acceptors (Lipinski definition) is 3. The lowest BCUT2D eigenvalue weighted by molar-refractivity contribution is 0.195. The number of aliphatic imine (C=N–C) groups is 1. The van der Waals surface area contributed by atoms with Gasteiger partial charge in [0.25, 0.3) is 0 Å². The molecule has 0 bridgehead atoms. The summed E-state index contributed by atoms with van der Waals surface area (Å²) in [6, 6.07) is 3.87. The monoisotopic (exact) mass is 407 g/mol. The fourth-order valence-corrected chi connectivity index (χ4v) is 1.57. The Hall–Kier alpha value is -1.02. The Labute approximate surface area is 144 Å². The SMILES string of the molecule is C=C(C)CN=C(NCCCOC)NCCc1ccco1.I. The molecule has 0 atom stereocenters. The lowest BCUT2D eigenvalue weighted by Gasteiger charge is -2.12. The van der Waals surface area contributed by atoms with Gasteiger partial charge in [0.05, 0.1) is 12.8 Å². The van der Waals surface area contributed by atoms with E-state index < -0.39 is 0 Å². The van der Waals surface area contributed by atoms with Crippen molar-refractivity contribution in [1.29, 1.82) is 0 Å². The maximum absolute atomic E-state index is 5.30. The molecule has 1 aromatic heterocycles. The van der Waals surface area contributed by atoms with Crippen molar-refractivity contribution in [1.82, 2.24) is 10.6 Å². The van der Waals surface area contributed by atoms with Gasteiger partial charge in [-0.2, -0.15) is 0 Å². The van der Waals surface area contributed by atoms with E-state index in [0.29, 0.717) is 6.54 Å². The van der Waals surface area contributed by atoms with Crippen molar-refractivity contribution in [2.45, 2.75) is 19.8 Å². The van der Waals surface area contributed by atoms with Crippen LogP contribution in [0.25, 0.3) is 0 Å². The van der Waals surface area contributed by atoms with Crippen molar-refractivity contribution in [2.75, 3.05) is 33.4 Å². The van der Waals surface area contributed by atoms with Crippen molar-refractivity contribution in [3.63, 3.8) is 0 Å². The Kier molecular flexibility index (Phi) is 12.1. The topological polar surface area (TPSA) is 58.8 Å². The van der Waals surface area contributed by atoms with Gasteiger partial charge in [-0.05, 0) is 25.5 Å². The van der Waals surface area contributed by atoms with Crippen LogP contribution < -0.4 is 10.6 Å². The highest BCUT2D eigenvalue weighted by Gasteiger charge is 2.00. The molecule has 0 aliphatic heterocycles. The fourth-order valence-electron chi connectivity index (χ4n) is 1.57. The third kappa shape index (κ3) is 10.4. The second-order valence-electron chi connectivity index (χ2n) is 4.65. The molecule has 21 heavy (non-hydrogen) atoms. The van der Waals surface area contributed by atoms with Crippen molar-refractivity contribution in [3.8, 4) is 0 Å². The number of halogens is 1. The van der Waals surface area contributed by atoms with Crippen molar-refractivity contribution < 1.29 is 9.15 Å². The predicted molar refractivity (Wildman–Crippen MR) is 97.4 cm³/mol. The lowest BCUT2D eigenvalue weighted by Crippen LogP contribution is -2.39. The first kappa shape index (κ1) is 20.0. The zero-order valence-corrected chi connectivity index (χ0v) is 15.2. The second-order valence-corrected chi connectivity index (χ2v) is 4.65. The minimum atomic E-state index is 0. The molecule has 120 valence electrons. The van der Waals surface area contributed by atoms with E-state index in [-0.39, 0.29) is 24.0 Å². The van der Waals surface area contributed by atoms with E-state index >= 15 is 0 Å². The van der Waals surface area contributed by atoms with Crippen LogP contribution in [0.4, 0.5) is 0 Å². The summed E-state index contributed by atoms with van der Waals surface area (Å²) >= 11 is 0. The maximum atomic E-state index is 5.30. The van der Waals surface area contributed by atoms with Crippen LogP contribution in [0, 0.1) is 0 Å².